The summed E-state index contributed by atoms with van der Waals surface area (Å²) in [6.07, 6.45) is 1.36. The van der Waals surface area contributed by atoms with E-state index in [-0.39, 0.29) is 24.3 Å². The summed E-state index contributed by atoms with van der Waals surface area (Å²) in [6.45, 7) is -5.28. The number of ether oxygens (including phenoxy) is 1. The van der Waals surface area contributed by atoms with Gasteiger partial charge in [-0.2, -0.15) is 5.10 Å². The fourth-order valence-electron chi connectivity index (χ4n) is 2.52. The fourth-order valence-corrected chi connectivity index (χ4v) is 2.52. The number of pyridine rings is 1. The van der Waals surface area contributed by atoms with Crippen LogP contribution in [0.5, 0.6) is 0 Å². The highest BCUT2D eigenvalue weighted by atomic mass is 16.5. The largest absolute Gasteiger partial charge is 0.382 e. The maximum absolute atomic E-state index is 12.4. The smallest absolute Gasteiger partial charge is 0.320 e. The van der Waals surface area contributed by atoms with Crippen molar-refractivity contribution in [2.75, 3.05) is 30.8 Å². The third kappa shape index (κ3) is 4.09. The Hall–Kier alpha value is -3.13. The summed E-state index contributed by atoms with van der Waals surface area (Å²) >= 11 is 0. The van der Waals surface area contributed by atoms with Gasteiger partial charge in [-0.15, -0.1) is 0 Å². The first-order chi connectivity index (χ1) is 14.6. The van der Waals surface area contributed by atoms with Gasteiger partial charge in [0, 0.05) is 32.7 Å². The van der Waals surface area contributed by atoms with E-state index in [1.807, 2.05) is 30.3 Å². The monoisotopic (exact) mass is 359 g/mol. The summed E-state index contributed by atoms with van der Waals surface area (Å²) in [4.78, 5) is 16.6. The predicted octanol–water partition coefficient (Wildman–Crippen LogP) is 2.90. The van der Waals surface area contributed by atoms with E-state index in [1.54, 1.807) is 7.11 Å². The number of methoxy groups -OCH3 is 1. The van der Waals surface area contributed by atoms with Crippen LogP contribution in [0.25, 0.3) is 10.9 Å². The molecule has 2 heterocycles. The molecule has 26 heavy (non-hydrogen) atoms. The molecule has 4 N–H and O–H groups in total. The number of amides is 2. The van der Waals surface area contributed by atoms with E-state index >= 15 is 0 Å². The summed E-state index contributed by atoms with van der Waals surface area (Å²) in [5.74, 6) is 0.229. The van der Waals surface area contributed by atoms with Gasteiger partial charge in [-0.1, -0.05) is 30.3 Å². The molecule has 0 aliphatic carbocycles. The van der Waals surface area contributed by atoms with Crippen LogP contribution in [0.2, 0.25) is 0 Å². The normalized spacial score (nSPS) is 15.8. The van der Waals surface area contributed by atoms with Crippen molar-refractivity contribution in [3.05, 3.63) is 48.2 Å². The molecule has 2 amide bonds. The first-order valence-electron chi connectivity index (χ1n) is 10.3. The molecule has 0 saturated heterocycles. The zero-order chi connectivity index (χ0) is 22.6. The molecule has 0 aliphatic rings. The highest BCUT2D eigenvalue weighted by Gasteiger charge is 2.15. The lowest BCUT2D eigenvalue weighted by atomic mass is 10.1. The molecule has 0 fully saturated rings. The zero-order valence-corrected chi connectivity index (χ0v) is 14.0. The first kappa shape index (κ1) is 12.3. The Labute approximate surface area is 158 Å². The van der Waals surface area contributed by atoms with Crippen LogP contribution in [-0.4, -0.2) is 41.4 Å². The van der Waals surface area contributed by atoms with E-state index in [2.05, 4.69) is 31.1 Å². The summed E-state index contributed by atoms with van der Waals surface area (Å²) in [5, 5.41) is 14.7. The van der Waals surface area contributed by atoms with Crippen LogP contribution in [0.15, 0.2) is 42.6 Å². The number of hydrogen-bond acceptors (Lipinski definition) is 5. The van der Waals surface area contributed by atoms with Crippen molar-refractivity contribution in [3.8, 4) is 0 Å². The number of urea groups is 1. The molecule has 8 heteroatoms. The average Bonchev–Trinajstić information content (AvgIpc) is 3.09. The molecule has 0 radical (unpaired) electrons. The van der Waals surface area contributed by atoms with E-state index in [1.165, 1.54) is 12.3 Å². The molecule has 0 unspecified atom stereocenters. The minimum Gasteiger partial charge on any atom is -0.382 e. The number of carbonyl (C=O) groups is 1. The minimum absolute atomic E-state index is 0.00358. The Balaban J connectivity index is 1.72. The van der Waals surface area contributed by atoms with Crippen LogP contribution in [0, 0.1) is 0 Å². The number of benzene rings is 1. The lowest BCUT2D eigenvalue weighted by Crippen LogP contribution is -2.35. The van der Waals surface area contributed by atoms with Crippen molar-refractivity contribution in [3.63, 3.8) is 0 Å². The van der Waals surface area contributed by atoms with Gasteiger partial charge in [0.1, 0.15) is 5.82 Å². The van der Waals surface area contributed by atoms with Crippen molar-refractivity contribution >= 4 is 28.6 Å². The van der Waals surface area contributed by atoms with Crippen molar-refractivity contribution in [2.24, 2.45) is 0 Å². The number of aromatic amines is 1. The van der Waals surface area contributed by atoms with Crippen LogP contribution in [0.4, 0.5) is 16.4 Å². The quantitative estimate of drug-likeness (QED) is 0.519. The van der Waals surface area contributed by atoms with Gasteiger partial charge >= 0.3 is 6.03 Å². The van der Waals surface area contributed by atoms with Gasteiger partial charge in [-0.05, 0) is 12.4 Å². The van der Waals surface area contributed by atoms with E-state index < -0.39 is 19.4 Å². The molecular formula is C18H22N6O2. The lowest BCUT2D eigenvalue weighted by molar-refractivity contribution is 0.168. The van der Waals surface area contributed by atoms with Crippen LogP contribution in [0.1, 0.15) is 25.3 Å². The predicted molar refractivity (Wildman–Crippen MR) is 101 cm³/mol. The van der Waals surface area contributed by atoms with Gasteiger partial charge in [0.25, 0.3) is 0 Å². The van der Waals surface area contributed by atoms with Crippen molar-refractivity contribution in [2.45, 2.75) is 12.9 Å². The number of fused-ring (bicyclic) bond motifs is 1. The molecule has 3 aromatic rings. The minimum atomic E-state index is -2.89. The summed E-state index contributed by atoms with van der Waals surface area (Å²) in [7, 11) is 1.55. The average molecular weight is 359 g/mol. The van der Waals surface area contributed by atoms with Crippen LogP contribution >= 0.6 is 0 Å². The molecule has 0 bridgehead atoms. The Morgan fingerprint density at radius 1 is 1.42 bits per heavy atom. The first-order valence-corrected chi connectivity index (χ1v) is 7.84. The van der Waals surface area contributed by atoms with E-state index in [9.17, 15) is 4.79 Å². The summed E-state index contributed by atoms with van der Waals surface area (Å²) in [6, 6.07) is 10.0. The number of H-pyrrole nitrogens is 1. The molecule has 136 valence electrons. The van der Waals surface area contributed by atoms with E-state index in [0.29, 0.717) is 10.9 Å². The third-order valence-electron chi connectivity index (χ3n) is 3.71. The number of anilines is 2. The number of carbonyl (C=O) groups excluding carboxylic acids is 1. The van der Waals surface area contributed by atoms with Crippen molar-refractivity contribution in [1.82, 2.24) is 20.5 Å². The van der Waals surface area contributed by atoms with Gasteiger partial charge < -0.3 is 15.4 Å². The number of aromatic nitrogens is 3. The van der Waals surface area contributed by atoms with Crippen LogP contribution < -0.4 is 16.0 Å². The van der Waals surface area contributed by atoms with E-state index in [4.69, 9.17) is 11.6 Å². The van der Waals surface area contributed by atoms with Gasteiger partial charge in [-0.3, -0.25) is 10.4 Å². The second-order valence-electron chi connectivity index (χ2n) is 5.45. The number of nitrogens with zero attached hydrogens (tertiary/aromatic N) is 2. The molecule has 1 aromatic carbocycles. The molecular weight excluding hydrogens is 332 g/mol. The van der Waals surface area contributed by atoms with Gasteiger partial charge in [0.2, 0.25) is 0 Å². The fraction of sp³-hybridized carbons (Fsp3) is 0.278. The molecule has 8 nitrogen and oxygen atoms in total. The highest BCUT2D eigenvalue weighted by molar-refractivity contribution is 5.94. The zero-order valence-electron chi connectivity index (χ0n) is 19.0. The lowest BCUT2D eigenvalue weighted by Gasteiger charge is -2.18. The van der Waals surface area contributed by atoms with Crippen molar-refractivity contribution in [1.29, 1.82) is 0 Å². The SMILES string of the molecule is [2H]C([2H])([2H])C([2H])([2H])Nc1n[nH]c2cc(NC(=O)N[C@H](COC)c3ccccc3)ncc12. The topological polar surface area (TPSA) is 104 Å². The van der Waals surface area contributed by atoms with Gasteiger partial charge in [0.15, 0.2) is 5.82 Å². The molecule has 0 saturated carbocycles. The molecule has 3 rings (SSSR count). The van der Waals surface area contributed by atoms with Gasteiger partial charge in [-0.25, -0.2) is 9.78 Å². The highest BCUT2D eigenvalue weighted by Crippen LogP contribution is 2.21. The van der Waals surface area contributed by atoms with Gasteiger partial charge in [0.05, 0.1) is 23.6 Å². The second-order valence-corrected chi connectivity index (χ2v) is 5.45. The number of rotatable bonds is 7. The standard InChI is InChI=1S/C18H22N6O2/c1-3-19-17-13-10-20-16(9-14(13)23-24-17)22-18(25)21-15(11-26-2)12-7-5-4-6-8-12/h4-10,15H,3,11H2,1-2H3,(H2,19,23,24)(H2,20,21,22,25)/t15-/m1/s1/i1D3,3D2. The molecule has 0 aliphatic heterocycles. The summed E-state index contributed by atoms with van der Waals surface area (Å²) < 4.78 is 42.4. The Bertz CT molecular complexity index is 1040. The maximum Gasteiger partial charge on any atom is 0.320 e. The number of hydrogen-bond donors (Lipinski definition) is 4. The number of nitrogens with one attached hydrogen (secondary N) is 4. The Morgan fingerprint density at radius 2 is 2.27 bits per heavy atom. The Morgan fingerprint density at radius 3 is 3.04 bits per heavy atom. The Kier molecular flexibility index (Phi) is 3.92. The van der Waals surface area contributed by atoms with Crippen molar-refractivity contribution < 1.29 is 16.4 Å². The molecule has 1 atom stereocenters. The summed E-state index contributed by atoms with van der Waals surface area (Å²) in [5.41, 5.74) is 1.32. The van der Waals surface area contributed by atoms with Crippen LogP contribution in [-0.2, 0) is 4.74 Å². The maximum atomic E-state index is 12.4. The second kappa shape index (κ2) is 8.30. The van der Waals surface area contributed by atoms with E-state index in [0.717, 1.165) is 5.56 Å². The van der Waals surface area contributed by atoms with Crippen LogP contribution in [0.3, 0.4) is 0 Å². The molecule has 2 aromatic heterocycles. The third-order valence-corrected chi connectivity index (χ3v) is 3.71. The molecule has 0 spiro atoms.